The lowest BCUT2D eigenvalue weighted by Gasteiger charge is -2.35. The van der Waals surface area contributed by atoms with Crippen LogP contribution in [0.25, 0.3) is 0 Å². The van der Waals surface area contributed by atoms with Crippen LogP contribution in [0.5, 0.6) is 0 Å². The van der Waals surface area contributed by atoms with Crippen LogP contribution in [0.2, 0.25) is 0 Å². The predicted molar refractivity (Wildman–Crippen MR) is 206 cm³/mol. The van der Waals surface area contributed by atoms with Crippen LogP contribution < -0.4 is 5.32 Å². The molecule has 49 heavy (non-hydrogen) atoms. The standard InChI is InChI=1S/C13H20N2OS.C12H18N2OS.C12H17NOS.CH4/c1-14-4-6-15(7-5-14)10-12-13-11(2-8-16-12)3-9-17-13;1-7-15-11(12-10(1)2-8-16-12)9-14-5-3-13-4-6-14;1-2-6-13(5-1)9-11-12-10(3-7-14-11)4-8-15-12;/h3,9,12H,2,4-8,10H2,1H3;2,8,11,13H,1,3-7,9H2;4,8,11H,1-3,5-7,9H2;1H4. The smallest absolute Gasteiger partial charge is 0.105 e. The lowest BCUT2D eigenvalue weighted by Crippen LogP contribution is -2.46. The van der Waals surface area contributed by atoms with E-state index in [1.807, 2.05) is 34.0 Å². The van der Waals surface area contributed by atoms with E-state index in [4.69, 9.17) is 14.2 Å². The van der Waals surface area contributed by atoms with Crippen LogP contribution in [-0.2, 0) is 33.5 Å². The van der Waals surface area contributed by atoms with Gasteiger partial charge >= 0.3 is 0 Å². The van der Waals surface area contributed by atoms with Crippen molar-refractivity contribution in [1.82, 2.24) is 24.9 Å². The van der Waals surface area contributed by atoms with Gasteiger partial charge in [0.2, 0.25) is 0 Å². The molecule has 0 spiro atoms. The second-order valence-corrected chi connectivity index (χ2v) is 16.8. The lowest BCUT2D eigenvalue weighted by molar-refractivity contribution is 0.00907. The number of ether oxygens (including phenoxy) is 3. The summed E-state index contributed by atoms with van der Waals surface area (Å²) in [5.41, 5.74) is 4.55. The third-order valence-corrected chi connectivity index (χ3v) is 13.7. The number of hydrogen-bond donors (Lipinski definition) is 1. The molecular formula is C38H59N5O3S3. The molecule has 1 N–H and O–H groups in total. The van der Waals surface area contributed by atoms with Gasteiger partial charge in [-0.25, -0.2) is 0 Å². The lowest BCUT2D eigenvalue weighted by atomic mass is 10.1. The largest absolute Gasteiger partial charge is 0.371 e. The average molecular weight is 730 g/mol. The molecule has 6 aliphatic heterocycles. The monoisotopic (exact) mass is 729 g/mol. The number of likely N-dealkylation sites (tertiary alicyclic amines) is 1. The van der Waals surface area contributed by atoms with E-state index in [0.717, 1.165) is 84.9 Å². The SMILES string of the molecule is C.CN1CCN(CC2OCCc3ccsc32)CC1.c1cc2c(s1)C(CN1CCCC1)OCC2.c1cc2c(s1)C(CN1CCNCC1)OCC2. The molecule has 6 aliphatic rings. The van der Waals surface area contributed by atoms with Crippen LogP contribution >= 0.6 is 34.0 Å². The topological polar surface area (TPSA) is 52.7 Å². The van der Waals surface area contributed by atoms with Crippen LogP contribution in [0.3, 0.4) is 0 Å². The molecule has 0 aliphatic carbocycles. The van der Waals surface area contributed by atoms with Crippen LogP contribution in [-0.4, -0.2) is 132 Å². The first-order valence-electron chi connectivity index (χ1n) is 18.3. The minimum atomic E-state index is 0. The van der Waals surface area contributed by atoms with Crippen molar-refractivity contribution in [3.05, 3.63) is 65.7 Å². The van der Waals surface area contributed by atoms with Gasteiger partial charge in [0.25, 0.3) is 0 Å². The molecule has 0 bridgehead atoms. The maximum absolute atomic E-state index is 5.95. The molecule has 0 aromatic carbocycles. The first-order chi connectivity index (χ1) is 23.7. The molecule has 272 valence electrons. The van der Waals surface area contributed by atoms with Gasteiger partial charge in [-0.05, 0) is 103 Å². The molecule has 3 saturated heterocycles. The van der Waals surface area contributed by atoms with E-state index in [2.05, 4.69) is 66.3 Å². The highest BCUT2D eigenvalue weighted by Gasteiger charge is 2.28. The van der Waals surface area contributed by atoms with Crippen molar-refractivity contribution in [2.75, 3.05) is 112 Å². The van der Waals surface area contributed by atoms with Gasteiger partial charge in [0.1, 0.15) is 18.3 Å². The highest BCUT2D eigenvalue weighted by molar-refractivity contribution is 7.10. The average Bonchev–Trinajstić information content (AvgIpc) is 3.95. The summed E-state index contributed by atoms with van der Waals surface area (Å²) in [6.07, 6.45) is 7.02. The predicted octanol–water partition coefficient (Wildman–Crippen LogP) is 5.97. The molecule has 3 unspecified atom stereocenters. The molecule has 0 saturated carbocycles. The van der Waals surface area contributed by atoms with Crippen molar-refractivity contribution in [3.63, 3.8) is 0 Å². The summed E-state index contributed by atoms with van der Waals surface area (Å²) < 4.78 is 17.8. The van der Waals surface area contributed by atoms with E-state index < -0.39 is 0 Å². The molecule has 11 heteroatoms. The van der Waals surface area contributed by atoms with Gasteiger partial charge in [0, 0.05) is 86.6 Å². The number of nitrogens with zero attached hydrogens (tertiary/aromatic N) is 4. The first-order valence-corrected chi connectivity index (χ1v) is 20.9. The summed E-state index contributed by atoms with van der Waals surface area (Å²) >= 11 is 5.58. The van der Waals surface area contributed by atoms with Crippen molar-refractivity contribution < 1.29 is 14.2 Å². The Morgan fingerprint density at radius 3 is 1.39 bits per heavy atom. The Bertz CT molecular complexity index is 1380. The highest BCUT2D eigenvalue weighted by atomic mass is 32.1. The van der Waals surface area contributed by atoms with Crippen molar-refractivity contribution in [3.8, 4) is 0 Å². The van der Waals surface area contributed by atoms with Crippen LogP contribution in [0.4, 0.5) is 0 Å². The molecule has 9 heterocycles. The van der Waals surface area contributed by atoms with Gasteiger partial charge in [0.15, 0.2) is 0 Å². The van der Waals surface area contributed by atoms with Crippen LogP contribution in [0.1, 0.15) is 69.9 Å². The number of piperazine rings is 2. The normalized spacial score (nSPS) is 26.3. The molecule has 3 aromatic heterocycles. The minimum Gasteiger partial charge on any atom is -0.371 e. The molecule has 9 rings (SSSR count). The maximum atomic E-state index is 5.95. The third kappa shape index (κ3) is 10.2. The Morgan fingerprint density at radius 2 is 0.959 bits per heavy atom. The van der Waals surface area contributed by atoms with Gasteiger partial charge < -0.3 is 29.3 Å². The van der Waals surface area contributed by atoms with E-state index in [1.165, 1.54) is 83.4 Å². The number of thiophene rings is 3. The van der Waals surface area contributed by atoms with Crippen molar-refractivity contribution in [2.24, 2.45) is 0 Å². The second-order valence-electron chi connectivity index (χ2n) is 13.9. The Balaban J connectivity index is 0.000000126. The number of nitrogens with one attached hydrogen (secondary N) is 1. The number of likely N-dealkylation sites (N-methyl/N-ethyl adjacent to an activating group) is 1. The van der Waals surface area contributed by atoms with Gasteiger partial charge in [-0.15, -0.1) is 34.0 Å². The number of rotatable bonds is 6. The van der Waals surface area contributed by atoms with E-state index in [9.17, 15) is 0 Å². The molecule has 3 atom stereocenters. The summed E-state index contributed by atoms with van der Waals surface area (Å²) in [6.45, 7) is 17.7. The maximum Gasteiger partial charge on any atom is 0.105 e. The fraction of sp³-hybridized carbons (Fsp3) is 0.684. The third-order valence-electron chi connectivity index (χ3n) is 10.6. The van der Waals surface area contributed by atoms with E-state index in [0.29, 0.717) is 18.3 Å². The summed E-state index contributed by atoms with van der Waals surface area (Å²) in [5.74, 6) is 0. The van der Waals surface area contributed by atoms with Gasteiger partial charge in [-0.3, -0.25) is 9.80 Å². The van der Waals surface area contributed by atoms with E-state index in [-0.39, 0.29) is 7.43 Å². The Morgan fingerprint density at radius 1 is 0.571 bits per heavy atom. The fourth-order valence-electron chi connectivity index (χ4n) is 7.67. The van der Waals surface area contributed by atoms with Crippen molar-refractivity contribution >= 4 is 34.0 Å². The zero-order valence-electron chi connectivity index (χ0n) is 28.8. The van der Waals surface area contributed by atoms with E-state index >= 15 is 0 Å². The molecule has 8 nitrogen and oxygen atoms in total. The Labute approximate surface area is 307 Å². The fourth-order valence-corrected chi connectivity index (χ4v) is 10.7. The minimum absolute atomic E-state index is 0. The number of fused-ring (bicyclic) bond motifs is 3. The Hall–Kier alpha value is -1.22. The zero-order valence-corrected chi connectivity index (χ0v) is 31.2. The molecule has 0 radical (unpaired) electrons. The first kappa shape index (κ1) is 37.5. The zero-order chi connectivity index (χ0) is 32.5. The summed E-state index contributed by atoms with van der Waals surface area (Å²) in [4.78, 5) is 14.4. The van der Waals surface area contributed by atoms with E-state index in [1.54, 1.807) is 0 Å². The van der Waals surface area contributed by atoms with Gasteiger partial charge in [-0.1, -0.05) is 7.43 Å². The van der Waals surface area contributed by atoms with Gasteiger partial charge in [-0.2, -0.15) is 0 Å². The number of hydrogen-bond acceptors (Lipinski definition) is 11. The summed E-state index contributed by atoms with van der Waals surface area (Å²) in [7, 11) is 2.20. The van der Waals surface area contributed by atoms with Crippen LogP contribution in [0.15, 0.2) is 34.3 Å². The highest BCUT2D eigenvalue weighted by Crippen LogP contribution is 2.34. The van der Waals surface area contributed by atoms with Gasteiger partial charge in [0.05, 0.1) is 19.8 Å². The Kier molecular flexibility index (Phi) is 14.6. The summed E-state index contributed by atoms with van der Waals surface area (Å²) in [5, 5.41) is 9.99. The molecule has 3 aromatic rings. The van der Waals surface area contributed by atoms with Crippen LogP contribution in [0, 0.1) is 0 Å². The molecule has 3 fully saturated rings. The van der Waals surface area contributed by atoms with Crippen molar-refractivity contribution in [2.45, 2.75) is 57.8 Å². The molecule has 0 amide bonds. The quantitative estimate of drug-likeness (QED) is 0.334. The van der Waals surface area contributed by atoms with Crippen molar-refractivity contribution in [1.29, 1.82) is 0 Å². The second kappa shape index (κ2) is 19.0. The summed E-state index contributed by atoms with van der Waals surface area (Å²) in [6, 6.07) is 6.78. The molecular weight excluding hydrogens is 671 g/mol.